The Bertz CT molecular complexity index is 1470. The van der Waals surface area contributed by atoms with E-state index in [2.05, 4.69) is 10.2 Å². The van der Waals surface area contributed by atoms with E-state index in [1.165, 1.54) is 6.42 Å². The van der Waals surface area contributed by atoms with Crippen molar-refractivity contribution in [3.63, 3.8) is 0 Å². The van der Waals surface area contributed by atoms with Crippen molar-refractivity contribution in [3.05, 3.63) is 71.4 Å². The second-order valence-corrected chi connectivity index (χ2v) is 12.9. The summed E-state index contributed by atoms with van der Waals surface area (Å²) in [4.78, 5) is 32.8. The Balaban J connectivity index is 0.00000384. The van der Waals surface area contributed by atoms with Crippen molar-refractivity contribution < 1.29 is 24.2 Å². The molecule has 0 saturated heterocycles. The van der Waals surface area contributed by atoms with E-state index in [0.717, 1.165) is 55.3 Å². The van der Waals surface area contributed by atoms with Gasteiger partial charge in [-0.05, 0) is 94.3 Å². The summed E-state index contributed by atoms with van der Waals surface area (Å²) < 4.78 is 11.7. The van der Waals surface area contributed by atoms with Gasteiger partial charge in [0.2, 0.25) is 0 Å². The molecule has 0 aliphatic heterocycles. The highest BCUT2D eigenvalue weighted by Crippen LogP contribution is 2.58. The first-order chi connectivity index (χ1) is 20.7. The predicted molar refractivity (Wildman–Crippen MR) is 172 cm³/mol. The van der Waals surface area contributed by atoms with E-state index in [1.807, 2.05) is 62.6 Å². The molecule has 3 aromatic rings. The molecule has 0 atom stereocenters. The number of benzene rings is 2. The van der Waals surface area contributed by atoms with Crippen LogP contribution in [-0.2, 0) is 4.74 Å². The molecule has 1 amide bonds. The van der Waals surface area contributed by atoms with Crippen molar-refractivity contribution in [2.24, 2.45) is 23.7 Å². The molecule has 0 radical (unpaired) electrons. The predicted octanol–water partition coefficient (Wildman–Crippen LogP) is 7.40. The minimum atomic E-state index is -1.36. The van der Waals surface area contributed by atoms with Gasteiger partial charge in [0.05, 0.1) is 17.3 Å². The molecule has 4 aliphatic rings. The van der Waals surface area contributed by atoms with Gasteiger partial charge < -0.3 is 24.8 Å². The van der Waals surface area contributed by atoms with E-state index in [4.69, 9.17) is 26.1 Å². The third-order valence-corrected chi connectivity index (χ3v) is 9.65. The molecule has 2 aromatic carbocycles. The molecule has 4 aliphatic carbocycles. The van der Waals surface area contributed by atoms with Crippen LogP contribution in [0.4, 0.5) is 4.79 Å². The van der Waals surface area contributed by atoms with Gasteiger partial charge >= 0.3 is 6.16 Å². The third-order valence-electron chi connectivity index (χ3n) is 9.34. The highest BCUT2D eigenvalue weighted by atomic mass is 35.5. The number of carboxylic acid groups (broad SMARTS) is 1. The Kier molecular flexibility index (Phi) is 9.73. The van der Waals surface area contributed by atoms with E-state index in [9.17, 15) is 14.7 Å². The monoisotopic (exact) mass is 639 g/mol. The third kappa shape index (κ3) is 6.53. The van der Waals surface area contributed by atoms with Gasteiger partial charge in [0, 0.05) is 29.5 Å². The van der Waals surface area contributed by atoms with Crippen LogP contribution in [0.5, 0.6) is 5.75 Å². The summed E-state index contributed by atoms with van der Waals surface area (Å²) in [5.41, 5.74) is 2.12. The fourth-order valence-corrected chi connectivity index (χ4v) is 7.82. The first-order valence-electron chi connectivity index (χ1n) is 15.1. The van der Waals surface area contributed by atoms with Crippen LogP contribution in [0, 0.1) is 23.7 Å². The Morgan fingerprint density at radius 3 is 2.30 bits per heavy atom. The highest BCUT2D eigenvalue weighted by molar-refractivity contribution is 6.32. The zero-order valence-corrected chi connectivity index (χ0v) is 26.6. The molecule has 2 N–H and O–H groups in total. The standard InChI is InChI=1S/C34H38ClN3O5.ClH/c1-38(2)13-6-14-42-30-20-24(9-11-28(30)35)31-27(23-7-4-3-5-8-23)10-12-29(36-31)32(39)37-34(43-33(40)41)25-16-21-15-22(18-25)19-26(34)17-21;/h3-5,7-12,20-22,25-26H,6,13-19H2,1-2H3,(H,37,39)(H,40,41);1H. The van der Waals surface area contributed by atoms with Crippen molar-refractivity contribution >= 4 is 36.1 Å². The average molecular weight is 641 g/mol. The number of ether oxygens (including phenoxy) is 2. The van der Waals surface area contributed by atoms with Gasteiger partial charge in [-0.25, -0.2) is 9.78 Å². The Hall–Kier alpha value is -3.33. The van der Waals surface area contributed by atoms with E-state index in [-0.39, 0.29) is 29.9 Å². The maximum atomic E-state index is 13.9. The number of rotatable bonds is 10. The SMILES string of the molecule is CN(C)CCCOc1cc(-c2nc(C(=O)NC3(OC(=O)O)C4CC5CC(C4)CC3C5)ccc2-c2ccccc2)ccc1Cl.Cl. The normalized spacial score (nSPS) is 24.9. The van der Waals surface area contributed by atoms with Gasteiger partial charge in [0.15, 0.2) is 5.72 Å². The Morgan fingerprint density at radius 1 is 0.977 bits per heavy atom. The van der Waals surface area contributed by atoms with Gasteiger partial charge in [0.1, 0.15) is 11.4 Å². The molecule has 44 heavy (non-hydrogen) atoms. The summed E-state index contributed by atoms with van der Waals surface area (Å²) >= 11 is 6.51. The van der Waals surface area contributed by atoms with Crippen molar-refractivity contribution in [2.75, 3.05) is 27.2 Å². The summed E-state index contributed by atoms with van der Waals surface area (Å²) in [6, 6.07) is 19.0. The largest absolute Gasteiger partial charge is 0.507 e. The van der Waals surface area contributed by atoms with Gasteiger partial charge in [0.25, 0.3) is 5.91 Å². The lowest BCUT2D eigenvalue weighted by Crippen LogP contribution is -2.68. The Morgan fingerprint density at radius 2 is 1.66 bits per heavy atom. The van der Waals surface area contributed by atoms with Crippen LogP contribution in [0.2, 0.25) is 5.02 Å². The van der Waals surface area contributed by atoms with Gasteiger partial charge in [-0.15, -0.1) is 12.4 Å². The number of hydrogen-bond donors (Lipinski definition) is 2. The van der Waals surface area contributed by atoms with Crippen LogP contribution >= 0.6 is 24.0 Å². The van der Waals surface area contributed by atoms with Crippen LogP contribution in [-0.4, -0.2) is 60.0 Å². The molecule has 10 heteroatoms. The lowest BCUT2D eigenvalue weighted by atomic mass is 9.52. The summed E-state index contributed by atoms with van der Waals surface area (Å²) in [5.74, 6) is 1.19. The molecular formula is C34H39Cl2N3O5. The average Bonchev–Trinajstić information content (AvgIpc) is 2.98. The number of aromatic nitrogens is 1. The zero-order valence-electron chi connectivity index (χ0n) is 25.0. The minimum Gasteiger partial charge on any atom is -0.492 e. The van der Waals surface area contributed by atoms with E-state index in [0.29, 0.717) is 34.9 Å². The number of hydrogen-bond acceptors (Lipinski definition) is 6. The van der Waals surface area contributed by atoms with Crippen molar-refractivity contribution in [1.82, 2.24) is 15.2 Å². The summed E-state index contributed by atoms with van der Waals surface area (Å²) in [6.07, 6.45) is 4.16. The summed E-state index contributed by atoms with van der Waals surface area (Å²) in [6.45, 7) is 1.41. The molecule has 4 fully saturated rings. The Labute approximate surface area is 269 Å². The molecule has 4 bridgehead atoms. The lowest BCUT2D eigenvalue weighted by Gasteiger charge is -2.59. The van der Waals surface area contributed by atoms with E-state index >= 15 is 0 Å². The van der Waals surface area contributed by atoms with Crippen molar-refractivity contribution in [1.29, 1.82) is 0 Å². The molecule has 7 rings (SSSR count). The minimum absolute atomic E-state index is 0. The molecule has 4 saturated carbocycles. The quantitative estimate of drug-likeness (QED) is 0.135. The van der Waals surface area contributed by atoms with Crippen LogP contribution < -0.4 is 10.1 Å². The first-order valence-corrected chi connectivity index (χ1v) is 15.5. The molecule has 1 aromatic heterocycles. The number of nitrogens with zero attached hydrogens (tertiary/aromatic N) is 2. The number of halogens is 2. The van der Waals surface area contributed by atoms with Crippen LogP contribution in [0.1, 0.15) is 49.0 Å². The number of pyridine rings is 1. The zero-order chi connectivity index (χ0) is 30.1. The smallest absolute Gasteiger partial charge is 0.492 e. The molecule has 0 unspecified atom stereocenters. The number of carbonyl (C=O) groups is 2. The molecule has 234 valence electrons. The number of amides is 1. The maximum absolute atomic E-state index is 13.9. The van der Waals surface area contributed by atoms with E-state index < -0.39 is 17.8 Å². The topological polar surface area (TPSA) is 101 Å². The molecule has 0 spiro atoms. The molecular weight excluding hydrogens is 601 g/mol. The number of nitrogens with one attached hydrogen (secondary N) is 1. The summed E-state index contributed by atoms with van der Waals surface area (Å²) in [7, 11) is 4.04. The van der Waals surface area contributed by atoms with Gasteiger partial charge in [-0.2, -0.15) is 0 Å². The van der Waals surface area contributed by atoms with E-state index in [1.54, 1.807) is 12.1 Å². The summed E-state index contributed by atoms with van der Waals surface area (Å²) in [5, 5.41) is 13.3. The van der Waals surface area contributed by atoms with Crippen molar-refractivity contribution in [2.45, 2.75) is 44.2 Å². The molecule has 8 nitrogen and oxygen atoms in total. The van der Waals surface area contributed by atoms with Gasteiger partial charge in [-0.3, -0.25) is 4.79 Å². The van der Waals surface area contributed by atoms with Gasteiger partial charge in [-0.1, -0.05) is 48.0 Å². The maximum Gasteiger partial charge on any atom is 0.507 e. The van der Waals surface area contributed by atoms with Crippen molar-refractivity contribution in [3.8, 4) is 28.1 Å². The van der Waals surface area contributed by atoms with Crippen LogP contribution in [0.3, 0.4) is 0 Å². The molecule has 1 heterocycles. The fourth-order valence-electron chi connectivity index (χ4n) is 7.65. The lowest BCUT2D eigenvalue weighted by molar-refractivity contribution is -0.191. The highest BCUT2D eigenvalue weighted by Gasteiger charge is 2.60. The second-order valence-electron chi connectivity index (χ2n) is 12.5. The second kappa shape index (κ2) is 13.3. The fraction of sp³-hybridized carbons (Fsp3) is 0.441. The first kappa shape index (κ1) is 32.1. The van der Waals surface area contributed by atoms with Crippen LogP contribution in [0.25, 0.3) is 22.4 Å². The van der Waals surface area contributed by atoms with Crippen LogP contribution in [0.15, 0.2) is 60.7 Å². The number of carbonyl (C=O) groups excluding carboxylic acids is 1.